The van der Waals surface area contributed by atoms with Crippen LogP contribution in [-0.2, 0) is 6.42 Å². The predicted molar refractivity (Wildman–Crippen MR) is 73.9 cm³/mol. The second-order valence-electron chi connectivity index (χ2n) is 4.23. The van der Waals surface area contributed by atoms with Gasteiger partial charge in [-0.05, 0) is 37.9 Å². The fraction of sp³-hybridized carbons (Fsp3) is 0.308. The molecule has 2 N–H and O–H groups in total. The zero-order valence-electron chi connectivity index (χ0n) is 10.3. The van der Waals surface area contributed by atoms with Crippen molar-refractivity contribution in [1.29, 1.82) is 0 Å². The molecule has 0 aliphatic rings. The number of anilines is 1. The number of fused-ring (bicyclic) bond motifs is 1. The molecule has 4 heteroatoms. The monoisotopic (exact) mass is 250 g/mol. The number of pyridine rings is 1. The minimum absolute atomic E-state index is 0.233. The third-order valence-electron chi connectivity index (χ3n) is 2.81. The Bertz CT molecular complexity index is 567. The topological polar surface area (TPSA) is 38.9 Å². The molecule has 0 spiro atoms. The van der Waals surface area contributed by atoms with Crippen LogP contribution in [0.5, 0.6) is 0 Å². The van der Waals surface area contributed by atoms with E-state index in [0.29, 0.717) is 12.1 Å². The van der Waals surface area contributed by atoms with Gasteiger partial charge in [0.15, 0.2) is 0 Å². The number of nitrogens with zero attached hydrogens (tertiary/aromatic N) is 1. The first-order valence-corrected chi connectivity index (χ1v) is 7.83. The Morgan fingerprint density at radius 1 is 1.35 bits per heavy atom. The smallest absolute Gasteiger partial charge is 0.145 e. The fourth-order valence-electron chi connectivity index (χ4n) is 2.01. The summed E-state index contributed by atoms with van der Waals surface area (Å²) < 4.78 is 13.8. The molecule has 0 bridgehead atoms. The Balaban J connectivity index is 2.81. The van der Waals surface area contributed by atoms with E-state index in [1.54, 1.807) is 6.07 Å². The van der Waals surface area contributed by atoms with Crippen molar-refractivity contribution >= 4 is 29.8 Å². The lowest BCUT2D eigenvalue weighted by Crippen LogP contribution is -2.10. The number of aromatic nitrogens is 1. The Labute approximate surface area is 102 Å². The molecule has 0 saturated carbocycles. The summed E-state index contributed by atoms with van der Waals surface area (Å²) in [5.41, 5.74) is 8.06. The van der Waals surface area contributed by atoms with E-state index in [-0.39, 0.29) is 13.7 Å². The maximum absolute atomic E-state index is 13.8. The quantitative estimate of drug-likeness (QED) is 0.657. The third-order valence-corrected chi connectivity index (χ3v) is 4.20. The second-order valence-corrected chi connectivity index (χ2v) is 6.47. The number of hydrogen-bond donors (Lipinski definition) is 1. The molecule has 0 saturated heterocycles. The molecule has 0 unspecified atom stereocenters. The van der Waals surface area contributed by atoms with Crippen LogP contribution in [0, 0.1) is 5.82 Å². The Kier molecular flexibility index (Phi) is 3.30. The Morgan fingerprint density at radius 3 is 2.65 bits per heavy atom. The van der Waals surface area contributed by atoms with Crippen LogP contribution in [0.25, 0.3) is 10.9 Å². The largest absolute Gasteiger partial charge is 0.398 e. The van der Waals surface area contributed by atoms with E-state index in [2.05, 4.69) is 18.3 Å². The van der Waals surface area contributed by atoms with Gasteiger partial charge in [0.05, 0.1) is 11.2 Å². The summed E-state index contributed by atoms with van der Waals surface area (Å²) in [6.07, 6.45) is 0.606. The summed E-state index contributed by atoms with van der Waals surface area (Å²) in [6.45, 7) is 6.14. The van der Waals surface area contributed by atoms with Crippen molar-refractivity contribution in [2.45, 2.75) is 13.3 Å². The van der Waals surface area contributed by atoms with E-state index in [0.717, 1.165) is 21.9 Å². The van der Waals surface area contributed by atoms with Gasteiger partial charge in [0.25, 0.3) is 0 Å². The molecule has 0 atom stereocenters. The molecule has 17 heavy (non-hydrogen) atoms. The number of benzene rings is 1. The number of halogens is 1. The number of aryl methyl sites for hydroxylation is 1. The first-order chi connectivity index (χ1) is 8.04. The lowest BCUT2D eigenvalue weighted by Gasteiger charge is -2.14. The van der Waals surface area contributed by atoms with Crippen molar-refractivity contribution in [2.24, 2.45) is 0 Å². The van der Waals surface area contributed by atoms with Gasteiger partial charge in [-0.25, -0.2) is 9.37 Å². The highest BCUT2D eigenvalue weighted by atomic mass is 31.1. The molecule has 1 aromatic heterocycles. The summed E-state index contributed by atoms with van der Waals surface area (Å²) in [7, 11) is -0.374. The molecule has 2 rings (SSSR count). The normalized spacial score (nSPS) is 11.4. The second kappa shape index (κ2) is 4.58. The van der Waals surface area contributed by atoms with Crippen molar-refractivity contribution in [3.63, 3.8) is 0 Å². The predicted octanol–water partition coefficient (Wildman–Crippen LogP) is 2.89. The zero-order valence-corrected chi connectivity index (χ0v) is 11.2. The molecule has 2 aromatic rings. The number of rotatable bonds is 2. The molecular formula is C13H16FN2P. The molecule has 0 aliphatic carbocycles. The van der Waals surface area contributed by atoms with Crippen molar-refractivity contribution < 1.29 is 4.39 Å². The fourth-order valence-corrected chi connectivity index (χ4v) is 3.26. The van der Waals surface area contributed by atoms with Crippen LogP contribution < -0.4 is 11.0 Å². The van der Waals surface area contributed by atoms with Gasteiger partial charge in [0, 0.05) is 16.4 Å². The molecule has 0 fully saturated rings. The van der Waals surface area contributed by atoms with Gasteiger partial charge in [-0.1, -0.05) is 14.8 Å². The molecule has 0 aliphatic heterocycles. The molecule has 0 amide bonds. The minimum atomic E-state index is -0.374. The molecule has 2 nitrogen and oxygen atoms in total. The average Bonchev–Trinajstić information content (AvgIpc) is 2.27. The Hall–Kier alpha value is -1.21. The maximum atomic E-state index is 13.8. The van der Waals surface area contributed by atoms with Crippen LogP contribution in [0.1, 0.15) is 12.6 Å². The summed E-state index contributed by atoms with van der Waals surface area (Å²) in [5.74, 6) is -0.233. The number of nitrogens with two attached hydrogens (primary N) is 1. The van der Waals surface area contributed by atoms with Gasteiger partial charge in [-0.2, -0.15) is 0 Å². The summed E-state index contributed by atoms with van der Waals surface area (Å²) in [5, 5.41) is 1.90. The minimum Gasteiger partial charge on any atom is -0.398 e. The van der Waals surface area contributed by atoms with Gasteiger partial charge < -0.3 is 5.73 Å². The van der Waals surface area contributed by atoms with Crippen LogP contribution in [0.4, 0.5) is 10.1 Å². The Morgan fingerprint density at radius 2 is 2.06 bits per heavy atom. The van der Waals surface area contributed by atoms with Gasteiger partial charge in [0.1, 0.15) is 5.82 Å². The van der Waals surface area contributed by atoms with E-state index in [9.17, 15) is 4.39 Å². The first-order valence-electron chi connectivity index (χ1n) is 5.59. The standard InChI is InChI=1S/C13H16FN2P/c1-4-11-9(14)7-8-12(16-11)6-5-10(15)13(8)17(2)3/h5-7H,4,15H2,1-3H3. The highest BCUT2D eigenvalue weighted by Crippen LogP contribution is 2.32. The van der Waals surface area contributed by atoms with E-state index < -0.39 is 0 Å². The molecule has 1 aromatic carbocycles. The lowest BCUT2D eigenvalue weighted by molar-refractivity contribution is 0.605. The van der Waals surface area contributed by atoms with Gasteiger partial charge in [0.2, 0.25) is 0 Å². The molecule has 0 radical (unpaired) electrons. The van der Waals surface area contributed by atoms with Crippen molar-refractivity contribution in [3.05, 3.63) is 29.7 Å². The maximum Gasteiger partial charge on any atom is 0.145 e. The van der Waals surface area contributed by atoms with E-state index in [4.69, 9.17) is 5.73 Å². The van der Waals surface area contributed by atoms with E-state index in [1.807, 2.05) is 19.1 Å². The molecular weight excluding hydrogens is 234 g/mol. The average molecular weight is 250 g/mol. The highest BCUT2D eigenvalue weighted by molar-refractivity contribution is 7.65. The van der Waals surface area contributed by atoms with Crippen molar-refractivity contribution in [3.8, 4) is 0 Å². The van der Waals surface area contributed by atoms with Crippen LogP contribution in [0.3, 0.4) is 0 Å². The van der Waals surface area contributed by atoms with Gasteiger partial charge in [-0.15, -0.1) is 0 Å². The number of hydrogen-bond acceptors (Lipinski definition) is 2. The van der Waals surface area contributed by atoms with Crippen LogP contribution in [0.15, 0.2) is 18.2 Å². The summed E-state index contributed by atoms with van der Waals surface area (Å²) >= 11 is 0. The lowest BCUT2D eigenvalue weighted by atomic mass is 10.1. The summed E-state index contributed by atoms with van der Waals surface area (Å²) in [6, 6.07) is 5.31. The van der Waals surface area contributed by atoms with Crippen LogP contribution in [-0.4, -0.2) is 18.3 Å². The first kappa shape index (κ1) is 12.3. The number of nitrogen functional groups attached to an aromatic ring is 1. The van der Waals surface area contributed by atoms with E-state index in [1.165, 1.54) is 0 Å². The molecule has 90 valence electrons. The van der Waals surface area contributed by atoms with Gasteiger partial charge in [-0.3, -0.25) is 0 Å². The SMILES string of the molecule is CCc1nc2ccc(N)c(P(C)C)c2cc1F. The van der Waals surface area contributed by atoms with Crippen LogP contribution in [0.2, 0.25) is 0 Å². The van der Waals surface area contributed by atoms with E-state index >= 15 is 0 Å². The summed E-state index contributed by atoms with van der Waals surface area (Å²) in [4.78, 5) is 4.36. The van der Waals surface area contributed by atoms with Gasteiger partial charge >= 0.3 is 0 Å². The van der Waals surface area contributed by atoms with Crippen molar-refractivity contribution in [1.82, 2.24) is 4.98 Å². The third kappa shape index (κ3) is 2.12. The van der Waals surface area contributed by atoms with Crippen LogP contribution >= 0.6 is 7.92 Å². The zero-order chi connectivity index (χ0) is 12.6. The van der Waals surface area contributed by atoms with Crippen molar-refractivity contribution in [2.75, 3.05) is 19.1 Å². The molecule has 1 heterocycles. The highest BCUT2D eigenvalue weighted by Gasteiger charge is 2.12.